The van der Waals surface area contributed by atoms with Crippen LogP contribution in [0.15, 0.2) is 24.0 Å². The van der Waals surface area contributed by atoms with Gasteiger partial charge < -0.3 is 38.3 Å². The number of aliphatic hydroxyl groups is 1. The molecule has 1 aromatic rings. The second kappa shape index (κ2) is 12.8. The molecule has 1 aromatic carbocycles. The van der Waals surface area contributed by atoms with Crippen molar-refractivity contribution in [2.45, 2.75) is 108 Å². The van der Waals surface area contributed by atoms with Gasteiger partial charge in [0.15, 0.2) is 23.4 Å². The van der Waals surface area contributed by atoms with Gasteiger partial charge >= 0.3 is 17.9 Å². The van der Waals surface area contributed by atoms with Crippen LogP contribution in [0.25, 0.3) is 0 Å². The summed E-state index contributed by atoms with van der Waals surface area (Å²) in [5, 5.41) is 12.0. The van der Waals surface area contributed by atoms with Crippen LogP contribution in [-0.4, -0.2) is 91.2 Å². The fourth-order valence-electron chi connectivity index (χ4n) is 7.67. The summed E-state index contributed by atoms with van der Waals surface area (Å²) in [7, 11) is 2.80. The van der Waals surface area contributed by atoms with Crippen molar-refractivity contribution in [2.24, 2.45) is 0 Å². The number of nitrogens with zero attached hydrogens (tertiary/aromatic N) is 1. The van der Waals surface area contributed by atoms with Crippen molar-refractivity contribution in [3.63, 3.8) is 0 Å². The average Bonchev–Trinajstić information content (AvgIpc) is 3.65. The highest BCUT2D eigenvalue weighted by atomic mass is 16.7. The number of rotatable bonds is 12. The van der Waals surface area contributed by atoms with Crippen LogP contribution in [0.2, 0.25) is 0 Å². The van der Waals surface area contributed by atoms with Crippen LogP contribution in [0.3, 0.4) is 0 Å². The molecule has 0 bridgehead atoms. The number of fused-ring (bicyclic) bond motifs is 3. The summed E-state index contributed by atoms with van der Waals surface area (Å²) >= 11 is 0. The van der Waals surface area contributed by atoms with Crippen LogP contribution in [0, 0.1) is 0 Å². The third-order valence-corrected chi connectivity index (χ3v) is 9.51. The minimum absolute atomic E-state index is 0.0312. The maximum atomic E-state index is 12.8. The van der Waals surface area contributed by atoms with Gasteiger partial charge in [-0.3, -0.25) is 19.3 Å². The Bertz CT molecular complexity index is 1340. The number of benzene rings is 1. The lowest BCUT2D eigenvalue weighted by atomic mass is 9.77. The molecular weight excluding hydrogens is 586 g/mol. The smallest absolute Gasteiger partial charge is 0.309 e. The Morgan fingerprint density at radius 2 is 1.78 bits per heavy atom. The summed E-state index contributed by atoms with van der Waals surface area (Å²) in [6.45, 7) is 7.96. The molecule has 1 spiro atoms. The molecule has 1 saturated heterocycles. The van der Waals surface area contributed by atoms with E-state index in [1.165, 1.54) is 21.0 Å². The lowest BCUT2D eigenvalue weighted by Gasteiger charge is -2.42. The fraction of sp³-hybridized carbons (Fsp3) is 0.667. The molecule has 1 N–H and O–H groups in total. The summed E-state index contributed by atoms with van der Waals surface area (Å²) in [6.07, 6.45) is 2.50. The molecule has 3 heterocycles. The molecule has 5 atom stereocenters. The molecule has 0 amide bonds. The molecule has 12 heteroatoms. The Hall–Kier alpha value is -3.35. The van der Waals surface area contributed by atoms with Gasteiger partial charge in [-0.1, -0.05) is 0 Å². The zero-order valence-corrected chi connectivity index (χ0v) is 27.0. The molecule has 248 valence electrons. The molecule has 45 heavy (non-hydrogen) atoms. The topological polar surface area (TPSA) is 139 Å². The SMILES string of the molecule is COC(=O)C[C@@](CCCC(C)(C)OC(C)=O)(OC(C)=O)C(O)O[C@@H]1C(OC)=CC23CCCN2CCc2cc4c(cc2[C@H]13)OCO4. The Labute approximate surface area is 263 Å². The number of ether oxygens (including phenoxy) is 7. The Morgan fingerprint density at radius 3 is 2.44 bits per heavy atom. The monoisotopic (exact) mass is 631 g/mol. The summed E-state index contributed by atoms with van der Waals surface area (Å²) in [4.78, 5) is 39.3. The second-order valence-corrected chi connectivity index (χ2v) is 13.0. The minimum atomic E-state index is -1.79. The minimum Gasteiger partial charge on any atom is -0.499 e. The van der Waals surface area contributed by atoms with Crippen molar-refractivity contribution in [1.82, 2.24) is 4.90 Å². The third kappa shape index (κ3) is 6.50. The zero-order valence-electron chi connectivity index (χ0n) is 27.0. The standard InChI is InChI=1S/C33H45NO11/c1-20(35)44-31(3,4)10-7-12-33(45-21(2)36,18-27(37)40-6)30(38)43-29-26(39-5)17-32-11-8-13-34(32)14-9-22-15-24-25(42-19-41-24)16-23(22)28(29)32/h15-17,28-30,38H,7-14,18-19H2,1-6H3/t28-,29-,30?,32?,33-/m1/s1. The van der Waals surface area contributed by atoms with Crippen LogP contribution in [0.5, 0.6) is 11.5 Å². The zero-order chi connectivity index (χ0) is 32.6. The van der Waals surface area contributed by atoms with Crippen molar-refractivity contribution in [2.75, 3.05) is 34.1 Å². The number of hydrogen-bond donors (Lipinski definition) is 1. The van der Waals surface area contributed by atoms with Gasteiger partial charge in [0.2, 0.25) is 6.79 Å². The lowest BCUT2D eigenvalue weighted by molar-refractivity contribution is -0.251. The Morgan fingerprint density at radius 1 is 1.07 bits per heavy atom. The molecule has 3 aliphatic heterocycles. The van der Waals surface area contributed by atoms with Gasteiger partial charge in [-0.15, -0.1) is 0 Å². The number of esters is 3. The molecule has 0 saturated carbocycles. The number of carbonyl (C=O) groups excluding carboxylic acids is 3. The van der Waals surface area contributed by atoms with Gasteiger partial charge in [-0.25, -0.2) is 0 Å². The van der Waals surface area contributed by atoms with E-state index in [-0.39, 0.29) is 19.1 Å². The number of aliphatic hydroxyl groups excluding tert-OH is 1. The first-order valence-electron chi connectivity index (χ1n) is 15.6. The van der Waals surface area contributed by atoms with Crippen LogP contribution >= 0.6 is 0 Å². The molecule has 1 aliphatic carbocycles. The third-order valence-electron chi connectivity index (χ3n) is 9.51. The van der Waals surface area contributed by atoms with Crippen LogP contribution in [0.1, 0.15) is 83.3 Å². The van der Waals surface area contributed by atoms with E-state index < -0.39 is 53.5 Å². The predicted molar refractivity (Wildman–Crippen MR) is 159 cm³/mol. The van der Waals surface area contributed by atoms with Gasteiger partial charge in [-0.2, -0.15) is 0 Å². The van der Waals surface area contributed by atoms with Gasteiger partial charge in [0.1, 0.15) is 17.5 Å². The van der Waals surface area contributed by atoms with Gasteiger partial charge in [0.05, 0.1) is 26.2 Å². The molecule has 5 rings (SSSR count). The summed E-state index contributed by atoms with van der Waals surface area (Å²) in [6, 6.07) is 4.03. The van der Waals surface area contributed by atoms with Crippen molar-refractivity contribution in [1.29, 1.82) is 0 Å². The molecule has 12 nitrogen and oxygen atoms in total. The van der Waals surface area contributed by atoms with E-state index in [9.17, 15) is 19.5 Å². The highest BCUT2D eigenvalue weighted by molar-refractivity contribution is 5.72. The number of hydrogen-bond acceptors (Lipinski definition) is 12. The first-order chi connectivity index (χ1) is 21.3. The number of carbonyl (C=O) groups is 3. The van der Waals surface area contributed by atoms with Gasteiger partial charge in [0, 0.05) is 26.3 Å². The normalized spacial score (nSPS) is 25.5. The molecule has 4 aliphatic rings. The molecule has 1 fully saturated rings. The van der Waals surface area contributed by atoms with E-state index in [4.69, 9.17) is 33.2 Å². The second-order valence-electron chi connectivity index (χ2n) is 13.0. The molecule has 0 radical (unpaired) electrons. The average molecular weight is 632 g/mol. The van der Waals surface area contributed by atoms with Crippen molar-refractivity contribution < 1.29 is 52.6 Å². The van der Waals surface area contributed by atoms with Crippen LogP contribution < -0.4 is 9.47 Å². The van der Waals surface area contributed by atoms with E-state index in [0.29, 0.717) is 30.1 Å². The van der Waals surface area contributed by atoms with E-state index in [1.807, 2.05) is 12.1 Å². The summed E-state index contributed by atoms with van der Waals surface area (Å²) in [5.74, 6) is -0.209. The van der Waals surface area contributed by atoms with E-state index in [2.05, 4.69) is 11.0 Å². The molecule has 2 unspecified atom stereocenters. The maximum Gasteiger partial charge on any atom is 0.309 e. The fourth-order valence-corrected chi connectivity index (χ4v) is 7.67. The number of methoxy groups -OCH3 is 2. The first kappa shape index (κ1) is 33.0. The van der Waals surface area contributed by atoms with Crippen molar-refractivity contribution in [3.05, 3.63) is 35.1 Å². The van der Waals surface area contributed by atoms with Gasteiger partial charge in [0.25, 0.3) is 0 Å². The molecule has 0 aromatic heterocycles. The summed E-state index contributed by atoms with van der Waals surface area (Å²) in [5.41, 5.74) is -0.942. The van der Waals surface area contributed by atoms with E-state index in [0.717, 1.165) is 43.5 Å². The maximum absolute atomic E-state index is 12.8. The van der Waals surface area contributed by atoms with Crippen molar-refractivity contribution >= 4 is 17.9 Å². The van der Waals surface area contributed by atoms with E-state index in [1.54, 1.807) is 21.0 Å². The van der Waals surface area contributed by atoms with Crippen LogP contribution in [-0.2, 0) is 44.5 Å². The Balaban J connectivity index is 1.52. The predicted octanol–water partition coefficient (Wildman–Crippen LogP) is 3.51. The van der Waals surface area contributed by atoms with E-state index >= 15 is 0 Å². The molecular formula is C33H45NO11. The lowest BCUT2D eigenvalue weighted by Crippen LogP contribution is -2.53. The highest BCUT2D eigenvalue weighted by Gasteiger charge is 2.59. The first-order valence-corrected chi connectivity index (χ1v) is 15.6. The largest absolute Gasteiger partial charge is 0.499 e. The van der Waals surface area contributed by atoms with Gasteiger partial charge in [-0.05, 0) is 88.3 Å². The quantitative estimate of drug-likeness (QED) is 0.205. The highest BCUT2D eigenvalue weighted by Crippen LogP contribution is 2.56. The Kier molecular flexibility index (Phi) is 9.40. The van der Waals surface area contributed by atoms with Crippen LogP contribution in [0.4, 0.5) is 0 Å². The van der Waals surface area contributed by atoms with Crippen molar-refractivity contribution in [3.8, 4) is 11.5 Å². The summed E-state index contributed by atoms with van der Waals surface area (Å²) < 4.78 is 40.1.